The Kier molecular flexibility index (Phi) is 7.01. The minimum Gasteiger partial charge on any atom is -0.344 e. The van der Waals surface area contributed by atoms with Crippen molar-refractivity contribution in [2.24, 2.45) is 0 Å². The zero-order valence-electron chi connectivity index (χ0n) is 22.5. The second-order valence-corrected chi connectivity index (χ2v) is 9.50. The standard InChI is InChI=1S/C35H29N5/c1-39(28-20-11-5-12-21-28)30-24-15-25-31(40(2)29-22-13-6-14-23-29)32(30)35-37-33(26-16-7-3-8-17-26)36-34(38-35)27-18-9-4-10-19-27/h3-25H,1-2H3. The van der Waals surface area contributed by atoms with Crippen LogP contribution in [0.4, 0.5) is 22.7 Å². The largest absolute Gasteiger partial charge is 0.344 e. The van der Waals surface area contributed by atoms with Crippen LogP contribution in [0.1, 0.15) is 0 Å². The Bertz CT molecular complexity index is 1580. The maximum Gasteiger partial charge on any atom is 0.168 e. The molecule has 5 nitrogen and oxygen atoms in total. The molecule has 0 bridgehead atoms. The second-order valence-electron chi connectivity index (χ2n) is 9.50. The number of para-hydroxylation sites is 2. The first-order chi connectivity index (χ1) is 19.7. The average Bonchev–Trinajstić information content (AvgIpc) is 3.05. The highest BCUT2D eigenvalue weighted by molar-refractivity contribution is 5.91. The van der Waals surface area contributed by atoms with Crippen LogP contribution in [0.5, 0.6) is 0 Å². The normalized spacial score (nSPS) is 10.8. The van der Waals surface area contributed by atoms with Gasteiger partial charge in [0.15, 0.2) is 17.5 Å². The van der Waals surface area contributed by atoms with Gasteiger partial charge in [0.05, 0.1) is 16.9 Å². The van der Waals surface area contributed by atoms with E-state index in [1.807, 2.05) is 72.8 Å². The molecular formula is C35H29N5. The Hall–Kier alpha value is -5.29. The first-order valence-corrected chi connectivity index (χ1v) is 13.3. The van der Waals surface area contributed by atoms with E-state index >= 15 is 0 Å². The molecule has 0 aliphatic rings. The van der Waals surface area contributed by atoms with E-state index in [4.69, 9.17) is 15.0 Å². The van der Waals surface area contributed by atoms with Crippen LogP contribution in [0.25, 0.3) is 34.2 Å². The van der Waals surface area contributed by atoms with Gasteiger partial charge in [-0.05, 0) is 36.4 Å². The summed E-state index contributed by atoms with van der Waals surface area (Å²) >= 11 is 0. The van der Waals surface area contributed by atoms with Gasteiger partial charge in [-0.25, -0.2) is 15.0 Å². The van der Waals surface area contributed by atoms with E-state index in [0.29, 0.717) is 17.5 Å². The molecule has 0 amide bonds. The van der Waals surface area contributed by atoms with Gasteiger partial charge in [0.1, 0.15) is 0 Å². The van der Waals surface area contributed by atoms with Crippen LogP contribution in [0.3, 0.4) is 0 Å². The lowest BCUT2D eigenvalue weighted by atomic mass is 10.1. The average molecular weight is 520 g/mol. The molecule has 1 aromatic heterocycles. The number of anilines is 4. The van der Waals surface area contributed by atoms with E-state index in [0.717, 1.165) is 39.4 Å². The predicted octanol–water partition coefficient (Wildman–Crippen LogP) is 8.41. The lowest BCUT2D eigenvalue weighted by Crippen LogP contribution is -2.16. The number of nitrogens with zero attached hydrogens (tertiary/aromatic N) is 5. The van der Waals surface area contributed by atoms with Crippen LogP contribution in [-0.4, -0.2) is 29.0 Å². The van der Waals surface area contributed by atoms with Crippen LogP contribution in [-0.2, 0) is 0 Å². The SMILES string of the molecule is CN(c1ccccc1)c1cccc(N(C)c2ccccc2)c1-c1nc(-c2ccccc2)nc(-c2ccccc2)n1. The molecule has 0 aliphatic carbocycles. The first kappa shape index (κ1) is 25.0. The van der Waals surface area contributed by atoms with Crippen LogP contribution >= 0.6 is 0 Å². The summed E-state index contributed by atoms with van der Waals surface area (Å²) in [5.41, 5.74) is 6.95. The summed E-state index contributed by atoms with van der Waals surface area (Å²) in [6.45, 7) is 0. The summed E-state index contributed by atoms with van der Waals surface area (Å²) in [4.78, 5) is 19.5. The summed E-state index contributed by atoms with van der Waals surface area (Å²) < 4.78 is 0. The summed E-state index contributed by atoms with van der Waals surface area (Å²) in [5, 5.41) is 0. The van der Waals surface area contributed by atoms with Crippen molar-refractivity contribution in [3.63, 3.8) is 0 Å². The van der Waals surface area contributed by atoms with Crippen molar-refractivity contribution in [2.45, 2.75) is 0 Å². The topological polar surface area (TPSA) is 45.2 Å². The molecule has 0 fully saturated rings. The molecule has 194 valence electrons. The van der Waals surface area contributed by atoms with Crippen molar-refractivity contribution in [3.8, 4) is 34.2 Å². The minimum atomic E-state index is 0.615. The molecule has 0 aliphatic heterocycles. The van der Waals surface area contributed by atoms with Crippen LogP contribution in [0.2, 0.25) is 0 Å². The molecule has 0 atom stereocenters. The molecule has 6 rings (SSSR count). The van der Waals surface area contributed by atoms with E-state index in [1.165, 1.54) is 0 Å². The van der Waals surface area contributed by atoms with E-state index in [2.05, 4.69) is 90.6 Å². The molecule has 0 unspecified atom stereocenters. The number of hydrogen-bond acceptors (Lipinski definition) is 5. The molecule has 5 heteroatoms. The molecule has 0 N–H and O–H groups in total. The fourth-order valence-corrected chi connectivity index (χ4v) is 4.82. The highest BCUT2D eigenvalue weighted by Crippen LogP contribution is 2.42. The Labute approximate surface area is 235 Å². The Morgan fingerprint density at radius 1 is 0.375 bits per heavy atom. The highest BCUT2D eigenvalue weighted by Gasteiger charge is 2.22. The number of hydrogen-bond donors (Lipinski definition) is 0. The van der Waals surface area contributed by atoms with E-state index < -0.39 is 0 Å². The van der Waals surface area contributed by atoms with Crippen molar-refractivity contribution in [1.82, 2.24) is 15.0 Å². The van der Waals surface area contributed by atoms with E-state index in [-0.39, 0.29) is 0 Å². The predicted molar refractivity (Wildman–Crippen MR) is 165 cm³/mol. The third kappa shape index (κ3) is 5.05. The summed E-state index contributed by atoms with van der Waals surface area (Å²) in [5.74, 6) is 1.88. The van der Waals surface area contributed by atoms with Gasteiger partial charge in [-0.15, -0.1) is 0 Å². The van der Waals surface area contributed by atoms with E-state index in [9.17, 15) is 0 Å². The molecule has 0 saturated heterocycles. The van der Waals surface area contributed by atoms with Gasteiger partial charge in [0.2, 0.25) is 0 Å². The summed E-state index contributed by atoms with van der Waals surface area (Å²) in [6.07, 6.45) is 0. The van der Waals surface area contributed by atoms with Gasteiger partial charge in [0.25, 0.3) is 0 Å². The maximum atomic E-state index is 5.10. The molecule has 5 aromatic carbocycles. The van der Waals surface area contributed by atoms with Crippen molar-refractivity contribution in [2.75, 3.05) is 23.9 Å². The smallest absolute Gasteiger partial charge is 0.168 e. The molecule has 40 heavy (non-hydrogen) atoms. The Morgan fingerprint density at radius 3 is 1.12 bits per heavy atom. The molecule has 0 radical (unpaired) electrons. The van der Waals surface area contributed by atoms with Gasteiger partial charge in [-0.3, -0.25) is 0 Å². The quantitative estimate of drug-likeness (QED) is 0.212. The van der Waals surface area contributed by atoms with Gasteiger partial charge < -0.3 is 9.80 Å². The van der Waals surface area contributed by atoms with Gasteiger partial charge in [0, 0.05) is 36.6 Å². The Balaban J connectivity index is 1.63. The number of rotatable bonds is 7. The van der Waals surface area contributed by atoms with Gasteiger partial charge >= 0.3 is 0 Å². The van der Waals surface area contributed by atoms with Gasteiger partial charge in [-0.1, -0.05) is 103 Å². The third-order valence-corrected chi connectivity index (χ3v) is 6.95. The first-order valence-electron chi connectivity index (χ1n) is 13.3. The van der Waals surface area contributed by atoms with Crippen LogP contribution in [0.15, 0.2) is 140 Å². The monoisotopic (exact) mass is 519 g/mol. The maximum absolute atomic E-state index is 5.10. The molecule has 0 saturated carbocycles. The van der Waals surface area contributed by atoms with Crippen molar-refractivity contribution < 1.29 is 0 Å². The molecular weight excluding hydrogens is 490 g/mol. The number of benzene rings is 5. The van der Waals surface area contributed by atoms with Crippen molar-refractivity contribution in [3.05, 3.63) is 140 Å². The van der Waals surface area contributed by atoms with Crippen LogP contribution in [0, 0.1) is 0 Å². The second kappa shape index (κ2) is 11.2. The highest BCUT2D eigenvalue weighted by atomic mass is 15.1. The fourth-order valence-electron chi connectivity index (χ4n) is 4.82. The lowest BCUT2D eigenvalue weighted by molar-refractivity contribution is 1.06. The zero-order chi connectivity index (χ0) is 27.3. The van der Waals surface area contributed by atoms with Gasteiger partial charge in [-0.2, -0.15) is 0 Å². The van der Waals surface area contributed by atoms with E-state index in [1.54, 1.807) is 0 Å². The Morgan fingerprint density at radius 2 is 0.725 bits per heavy atom. The third-order valence-electron chi connectivity index (χ3n) is 6.95. The minimum absolute atomic E-state index is 0.615. The summed E-state index contributed by atoms with van der Waals surface area (Å²) in [7, 11) is 4.16. The van der Waals surface area contributed by atoms with Crippen molar-refractivity contribution in [1.29, 1.82) is 0 Å². The van der Waals surface area contributed by atoms with Crippen molar-refractivity contribution >= 4 is 22.7 Å². The molecule has 6 aromatic rings. The lowest BCUT2D eigenvalue weighted by Gasteiger charge is -2.28. The van der Waals surface area contributed by atoms with Crippen LogP contribution < -0.4 is 9.80 Å². The zero-order valence-corrected chi connectivity index (χ0v) is 22.5. The molecule has 1 heterocycles. The number of aromatic nitrogens is 3. The fraction of sp³-hybridized carbons (Fsp3) is 0.0571. The molecule has 0 spiro atoms. The summed E-state index contributed by atoms with van der Waals surface area (Å²) in [6, 6.07) is 47.2.